The molecule has 4 nitrogen and oxygen atoms in total. The van der Waals surface area contributed by atoms with E-state index in [1.807, 2.05) is 38.1 Å². The summed E-state index contributed by atoms with van der Waals surface area (Å²) in [7, 11) is 0. The molecule has 19 heavy (non-hydrogen) atoms. The number of rotatable bonds is 3. The van der Waals surface area contributed by atoms with Gasteiger partial charge in [0.15, 0.2) is 0 Å². The molecule has 0 radical (unpaired) electrons. The van der Waals surface area contributed by atoms with E-state index in [0.29, 0.717) is 17.9 Å². The molecule has 0 unspecified atom stereocenters. The molecule has 2 rings (SSSR count). The van der Waals surface area contributed by atoms with E-state index in [9.17, 15) is 4.79 Å². The summed E-state index contributed by atoms with van der Waals surface area (Å²) in [5.74, 6) is 0.343. The highest BCUT2D eigenvalue weighted by Crippen LogP contribution is 2.18. The summed E-state index contributed by atoms with van der Waals surface area (Å²) in [4.78, 5) is 18.1. The number of pyridine rings is 1. The number of hydrogen-bond donors (Lipinski definition) is 1. The van der Waals surface area contributed by atoms with E-state index in [4.69, 9.17) is 5.73 Å². The van der Waals surface area contributed by atoms with Gasteiger partial charge in [-0.05, 0) is 43.7 Å². The third-order valence-corrected chi connectivity index (χ3v) is 2.91. The number of carbonyl (C=O) groups is 1. The molecule has 0 aliphatic carbocycles. The van der Waals surface area contributed by atoms with Crippen LogP contribution in [0.3, 0.4) is 0 Å². The number of amides is 1. The van der Waals surface area contributed by atoms with E-state index >= 15 is 0 Å². The Labute approximate surface area is 112 Å². The molecule has 98 valence electrons. The quantitative estimate of drug-likeness (QED) is 0.917. The first kappa shape index (κ1) is 13.1. The van der Waals surface area contributed by atoms with Crippen LogP contribution < -0.4 is 10.6 Å². The summed E-state index contributed by atoms with van der Waals surface area (Å²) in [5, 5.41) is 0. The highest BCUT2D eigenvalue weighted by atomic mass is 16.2. The second kappa shape index (κ2) is 5.52. The van der Waals surface area contributed by atoms with Gasteiger partial charge >= 0.3 is 0 Å². The van der Waals surface area contributed by atoms with E-state index < -0.39 is 0 Å². The molecule has 0 aliphatic rings. The van der Waals surface area contributed by atoms with E-state index in [1.54, 1.807) is 17.0 Å². The summed E-state index contributed by atoms with van der Waals surface area (Å²) < 4.78 is 0. The number of nitrogens with zero attached hydrogens (tertiary/aromatic N) is 2. The molecule has 0 saturated carbocycles. The van der Waals surface area contributed by atoms with Crippen LogP contribution in [0, 0.1) is 6.92 Å². The SMILES string of the molecule is CCN(C(=O)c1ccc(N)nc1)c1cccc(C)c1. The molecule has 1 aromatic heterocycles. The highest BCUT2D eigenvalue weighted by Gasteiger charge is 2.16. The van der Waals surface area contributed by atoms with Gasteiger partial charge in [-0.3, -0.25) is 4.79 Å². The van der Waals surface area contributed by atoms with E-state index in [2.05, 4.69) is 4.98 Å². The van der Waals surface area contributed by atoms with Crippen molar-refractivity contribution in [3.8, 4) is 0 Å². The molecular weight excluding hydrogens is 238 g/mol. The van der Waals surface area contributed by atoms with Gasteiger partial charge in [0.05, 0.1) is 5.56 Å². The van der Waals surface area contributed by atoms with Crippen LogP contribution in [0.2, 0.25) is 0 Å². The highest BCUT2D eigenvalue weighted by molar-refractivity contribution is 6.05. The lowest BCUT2D eigenvalue weighted by Crippen LogP contribution is -2.30. The van der Waals surface area contributed by atoms with Crippen LogP contribution in [-0.4, -0.2) is 17.4 Å². The van der Waals surface area contributed by atoms with Crippen molar-refractivity contribution in [1.82, 2.24) is 4.98 Å². The molecule has 1 heterocycles. The molecule has 0 fully saturated rings. The molecular formula is C15H17N3O. The number of benzene rings is 1. The molecule has 2 aromatic rings. The summed E-state index contributed by atoms with van der Waals surface area (Å²) in [6.07, 6.45) is 1.51. The first-order chi connectivity index (χ1) is 9.11. The Morgan fingerprint density at radius 2 is 2.11 bits per heavy atom. The number of aryl methyl sites for hydroxylation is 1. The Bertz CT molecular complexity index is 578. The minimum absolute atomic E-state index is 0.0689. The molecule has 0 bridgehead atoms. The molecule has 0 aliphatic heterocycles. The summed E-state index contributed by atoms with van der Waals surface area (Å²) in [6, 6.07) is 11.2. The maximum atomic E-state index is 12.4. The van der Waals surface area contributed by atoms with Crippen LogP contribution in [0.1, 0.15) is 22.8 Å². The molecule has 0 spiro atoms. The first-order valence-electron chi connectivity index (χ1n) is 6.22. The van der Waals surface area contributed by atoms with E-state index in [1.165, 1.54) is 6.20 Å². The number of anilines is 2. The van der Waals surface area contributed by atoms with Crippen molar-refractivity contribution in [3.63, 3.8) is 0 Å². The van der Waals surface area contributed by atoms with Gasteiger partial charge in [0.25, 0.3) is 5.91 Å². The van der Waals surface area contributed by atoms with Gasteiger partial charge in [-0.15, -0.1) is 0 Å². The fourth-order valence-electron chi connectivity index (χ4n) is 1.93. The molecule has 2 N–H and O–H groups in total. The van der Waals surface area contributed by atoms with Gasteiger partial charge in [-0.25, -0.2) is 4.98 Å². The van der Waals surface area contributed by atoms with E-state index in [-0.39, 0.29) is 5.91 Å². The predicted molar refractivity (Wildman–Crippen MR) is 77.2 cm³/mol. The Morgan fingerprint density at radius 3 is 2.68 bits per heavy atom. The van der Waals surface area contributed by atoms with Crippen LogP contribution in [0.25, 0.3) is 0 Å². The van der Waals surface area contributed by atoms with Crippen molar-refractivity contribution < 1.29 is 4.79 Å². The van der Waals surface area contributed by atoms with Gasteiger partial charge in [0.2, 0.25) is 0 Å². The third-order valence-electron chi connectivity index (χ3n) is 2.91. The van der Waals surface area contributed by atoms with E-state index in [0.717, 1.165) is 11.3 Å². The number of carbonyl (C=O) groups excluding carboxylic acids is 1. The molecule has 0 atom stereocenters. The average Bonchev–Trinajstić information content (AvgIpc) is 2.40. The first-order valence-corrected chi connectivity index (χ1v) is 6.22. The minimum atomic E-state index is -0.0689. The fourth-order valence-corrected chi connectivity index (χ4v) is 1.93. The van der Waals surface area contributed by atoms with Crippen LogP contribution in [0.15, 0.2) is 42.6 Å². The maximum absolute atomic E-state index is 12.4. The fraction of sp³-hybridized carbons (Fsp3) is 0.200. The van der Waals surface area contributed by atoms with Crippen LogP contribution >= 0.6 is 0 Å². The predicted octanol–water partition coefficient (Wildman–Crippen LogP) is 2.64. The Morgan fingerprint density at radius 1 is 1.32 bits per heavy atom. The van der Waals surface area contributed by atoms with Gasteiger partial charge in [-0.2, -0.15) is 0 Å². The minimum Gasteiger partial charge on any atom is -0.384 e. The lowest BCUT2D eigenvalue weighted by molar-refractivity contribution is 0.0988. The van der Waals surface area contributed by atoms with Crippen molar-refractivity contribution in [2.75, 3.05) is 17.2 Å². The van der Waals surface area contributed by atoms with Crippen molar-refractivity contribution in [1.29, 1.82) is 0 Å². The number of nitrogens with two attached hydrogens (primary N) is 1. The Balaban J connectivity index is 2.31. The number of aromatic nitrogens is 1. The Hall–Kier alpha value is -2.36. The van der Waals surface area contributed by atoms with Crippen molar-refractivity contribution >= 4 is 17.4 Å². The smallest absolute Gasteiger partial charge is 0.259 e. The molecule has 1 aromatic carbocycles. The van der Waals surface area contributed by atoms with Crippen molar-refractivity contribution in [2.24, 2.45) is 0 Å². The average molecular weight is 255 g/mol. The van der Waals surface area contributed by atoms with Crippen molar-refractivity contribution in [3.05, 3.63) is 53.7 Å². The topological polar surface area (TPSA) is 59.2 Å². The van der Waals surface area contributed by atoms with Gasteiger partial charge in [0.1, 0.15) is 5.82 Å². The molecule has 4 heteroatoms. The van der Waals surface area contributed by atoms with Gasteiger partial charge in [0, 0.05) is 18.4 Å². The molecule has 1 amide bonds. The lowest BCUT2D eigenvalue weighted by atomic mass is 10.2. The zero-order valence-corrected chi connectivity index (χ0v) is 11.1. The molecule has 0 saturated heterocycles. The summed E-state index contributed by atoms with van der Waals surface area (Å²) in [5.41, 5.74) is 8.09. The van der Waals surface area contributed by atoms with Crippen LogP contribution in [0.4, 0.5) is 11.5 Å². The number of nitrogen functional groups attached to an aromatic ring is 1. The van der Waals surface area contributed by atoms with Gasteiger partial charge in [-0.1, -0.05) is 12.1 Å². The second-order valence-corrected chi connectivity index (χ2v) is 4.36. The largest absolute Gasteiger partial charge is 0.384 e. The summed E-state index contributed by atoms with van der Waals surface area (Å²) >= 11 is 0. The summed E-state index contributed by atoms with van der Waals surface area (Å²) in [6.45, 7) is 4.56. The van der Waals surface area contributed by atoms with Gasteiger partial charge < -0.3 is 10.6 Å². The maximum Gasteiger partial charge on any atom is 0.259 e. The van der Waals surface area contributed by atoms with Crippen LogP contribution in [0.5, 0.6) is 0 Å². The zero-order chi connectivity index (χ0) is 13.8. The second-order valence-electron chi connectivity index (χ2n) is 4.36. The number of hydrogen-bond acceptors (Lipinski definition) is 3. The zero-order valence-electron chi connectivity index (χ0n) is 11.1. The monoisotopic (exact) mass is 255 g/mol. The van der Waals surface area contributed by atoms with Crippen LogP contribution in [-0.2, 0) is 0 Å². The lowest BCUT2D eigenvalue weighted by Gasteiger charge is -2.21. The third kappa shape index (κ3) is 2.91. The standard InChI is InChI=1S/C15H17N3O/c1-3-18(13-6-4-5-11(2)9-13)15(19)12-7-8-14(16)17-10-12/h4-10H,3H2,1-2H3,(H2,16,17). The van der Waals surface area contributed by atoms with Crippen molar-refractivity contribution in [2.45, 2.75) is 13.8 Å². The normalized spacial score (nSPS) is 10.2. The Kier molecular flexibility index (Phi) is 3.80.